The average molecular weight is 1210 g/mol. The van der Waals surface area contributed by atoms with Gasteiger partial charge in [0.15, 0.2) is 6.29 Å². The number of carboxylic acid groups (broad SMARTS) is 1. The Kier molecular flexibility index (Phi) is 33.5. The maximum atomic E-state index is 14.6. The Morgan fingerprint density at radius 2 is 0.864 bits per heavy atom. The Labute approximate surface area is 525 Å². The molecule has 7 rings (SSSR count). The molecule has 0 bridgehead atoms. The molecule has 0 aromatic heterocycles. The molecule has 6 aromatic rings. The molecule has 1 saturated heterocycles. The van der Waals surface area contributed by atoms with Gasteiger partial charge in [0.05, 0.1) is 65.0 Å². The minimum Gasteiger partial charge on any atom is -0.465 e. The summed E-state index contributed by atoms with van der Waals surface area (Å²) in [5.74, 6) is -0.131. The molecule has 13 heteroatoms. The van der Waals surface area contributed by atoms with Crippen molar-refractivity contribution < 1.29 is 52.6 Å². The number of carbonyl (C=O) groups excluding carboxylic acids is 1. The molecule has 3 N–H and O–H groups in total. The van der Waals surface area contributed by atoms with E-state index in [1.54, 1.807) is 0 Å². The standard InChI is InChI=1S/C75H100N2O11/c1-2-3-4-5-6-7-8-9-10-11-13-34-49-67(82-53-61-39-24-17-25-40-61)70(83-54-62-41-26-18-27-42-62)66(77-69(78)50-35-14-12-15-36-51-76-75(79)80)58-87-74-73(86-57-65-47-32-21-33-48-65)72(85-56-64-45-30-20-31-46-64)71(84-55-63-43-28-19-29-44-63)68(88-74)59-81-52-60-37-22-16-23-38-60/h16-33,37-48,66-68,70-74,76H,2-15,34-36,49-59H2,1H3,(H,77,78)(H,79,80)/t66-,67+,68+,70-,71-,72-,73+,74-/m0/s1. The maximum absolute atomic E-state index is 14.6. The van der Waals surface area contributed by atoms with E-state index in [9.17, 15) is 9.59 Å². The van der Waals surface area contributed by atoms with Crippen LogP contribution in [-0.2, 0) is 82.3 Å². The van der Waals surface area contributed by atoms with Crippen molar-refractivity contribution in [2.75, 3.05) is 19.8 Å². The fourth-order valence-corrected chi connectivity index (χ4v) is 11.3. The van der Waals surface area contributed by atoms with Gasteiger partial charge in [-0.3, -0.25) is 4.79 Å². The van der Waals surface area contributed by atoms with E-state index in [0.29, 0.717) is 32.6 Å². The monoisotopic (exact) mass is 1200 g/mol. The summed E-state index contributed by atoms with van der Waals surface area (Å²) in [4.78, 5) is 25.7. The number of unbranched alkanes of at least 4 members (excludes halogenated alkanes) is 15. The molecule has 88 heavy (non-hydrogen) atoms. The summed E-state index contributed by atoms with van der Waals surface area (Å²) >= 11 is 0. The fourth-order valence-electron chi connectivity index (χ4n) is 11.3. The lowest BCUT2D eigenvalue weighted by Crippen LogP contribution is -2.62. The predicted molar refractivity (Wildman–Crippen MR) is 347 cm³/mol. The molecular weight excluding hydrogens is 1100 g/mol. The summed E-state index contributed by atoms with van der Waals surface area (Å²) in [5, 5.41) is 15.0. The SMILES string of the molecule is CCCCCCCCCCCCCC[C@@H](OCc1ccccc1)[C@@H](OCc1ccccc1)[C@H](CO[C@H]1O[C@H](COCc2ccccc2)[C@H](OCc2ccccc2)[C@H](OCc2ccccc2)[C@H]1OCc1ccccc1)NC(=O)CCCCCCCNC(=O)O. The zero-order valence-electron chi connectivity index (χ0n) is 52.3. The highest BCUT2D eigenvalue weighted by Crippen LogP contribution is 2.33. The summed E-state index contributed by atoms with van der Waals surface area (Å²) in [5.41, 5.74) is 6.00. The van der Waals surface area contributed by atoms with Crippen LogP contribution in [0.1, 0.15) is 162 Å². The minimum atomic E-state index is -1.05. The van der Waals surface area contributed by atoms with Gasteiger partial charge in [0.25, 0.3) is 0 Å². The van der Waals surface area contributed by atoms with Crippen LogP contribution in [0.3, 0.4) is 0 Å². The Morgan fingerprint density at radius 1 is 0.455 bits per heavy atom. The third-order valence-electron chi connectivity index (χ3n) is 16.2. The van der Waals surface area contributed by atoms with Crippen LogP contribution in [-0.4, -0.2) is 85.8 Å². The van der Waals surface area contributed by atoms with Gasteiger partial charge in [-0.2, -0.15) is 0 Å². The largest absolute Gasteiger partial charge is 0.465 e. The quantitative estimate of drug-likeness (QED) is 0.0313. The molecule has 6 aromatic carbocycles. The second-order valence-corrected chi connectivity index (χ2v) is 23.4. The van der Waals surface area contributed by atoms with Crippen molar-refractivity contribution in [2.24, 2.45) is 0 Å². The van der Waals surface area contributed by atoms with Gasteiger partial charge in [-0.05, 0) is 52.6 Å². The van der Waals surface area contributed by atoms with Crippen LogP contribution in [0.4, 0.5) is 4.79 Å². The van der Waals surface area contributed by atoms with Crippen molar-refractivity contribution in [3.63, 3.8) is 0 Å². The number of hydrogen-bond acceptors (Lipinski definition) is 10. The lowest BCUT2D eigenvalue weighted by atomic mass is 9.97. The highest BCUT2D eigenvalue weighted by Gasteiger charge is 2.50. The predicted octanol–water partition coefficient (Wildman–Crippen LogP) is 16.1. The van der Waals surface area contributed by atoms with E-state index in [4.69, 9.17) is 43.0 Å². The molecule has 0 saturated carbocycles. The van der Waals surface area contributed by atoms with Crippen molar-refractivity contribution >= 4 is 12.0 Å². The summed E-state index contributed by atoms with van der Waals surface area (Å²) in [7, 11) is 0. The van der Waals surface area contributed by atoms with E-state index < -0.39 is 55.0 Å². The van der Waals surface area contributed by atoms with Gasteiger partial charge in [0.2, 0.25) is 5.91 Å². The molecule has 476 valence electrons. The van der Waals surface area contributed by atoms with E-state index in [1.807, 2.05) is 158 Å². The molecule has 0 aliphatic carbocycles. The van der Waals surface area contributed by atoms with E-state index in [1.165, 1.54) is 57.8 Å². The second kappa shape index (κ2) is 42.6. The van der Waals surface area contributed by atoms with Crippen LogP contribution in [0, 0.1) is 0 Å². The molecule has 13 nitrogen and oxygen atoms in total. The first-order valence-electron chi connectivity index (χ1n) is 32.8. The Balaban J connectivity index is 1.21. The highest BCUT2D eigenvalue weighted by atomic mass is 16.7. The number of ether oxygens (including phenoxy) is 8. The molecule has 0 spiro atoms. The van der Waals surface area contributed by atoms with Crippen LogP contribution in [0.5, 0.6) is 0 Å². The van der Waals surface area contributed by atoms with E-state index >= 15 is 0 Å². The zero-order chi connectivity index (χ0) is 61.3. The number of amides is 2. The molecule has 2 amide bonds. The lowest BCUT2D eigenvalue weighted by Gasteiger charge is -2.46. The summed E-state index contributed by atoms with van der Waals surface area (Å²) in [6, 6.07) is 59.9. The van der Waals surface area contributed by atoms with Crippen molar-refractivity contribution in [1.82, 2.24) is 10.6 Å². The normalized spacial score (nSPS) is 17.7. The minimum absolute atomic E-state index is 0.0280. The van der Waals surface area contributed by atoms with Crippen LogP contribution in [0.2, 0.25) is 0 Å². The molecule has 8 atom stereocenters. The summed E-state index contributed by atoms with van der Waals surface area (Å²) in [6.45, 7) is 4.55. The fraction of sp³-hybridized carbons (Fsp3) is 0.493. The van der Waals surface area contributed by atoms with E-state index in [2.05, 4.69) is 41.8 Å². The molecule has 1 fully saturated rings. The van der Waals surface area contributed by atoms with Crippen molar-refractivity contribution in [2.45, 2.75) is 218 Å². The number of rotatable bonds is 46. The first kappa shape index (κ1) is 69.2. The number of hydrogen-bond donors (Lipinski definition) is 3. The molecule has 1 heterocycles. The van der Waals surface area contributed by atoms with E-state index in [0.717, 1.165) is 78.3 Å². The van der Waals surface area contributed by atoms with Gasteiger partial charge in [-0.1, -0.05) is 285 Å². The third-order valence-corrected chi connectivity index (χ3v) is 16.2. The highest BCUT2D eigenvalue weighted by molar-refractivity contribution is 5.76. The van der Waals surface area contributed by atoms with Crippen molar-refractivity contribution in [3.8, 4) is 0 Å². The van der Waals surface area contributed by atoms with Gasteiger partial charge in [-0.25, -0.2) is 4.79 Å². The maximum Gasteiger partial charge on any atom is 0.404 e. The van der Waals surface area contributed by atoms with Gasteiger partial charge >= 0.3 is 6.09 Å². The smallest absolute Gasteiger partial charge is 0.404 e. The Hall–Kier alpha value is -6.26. The zero-order valence-corrected chi connectivity index (χ0v) is 52.3. The second-order valence-electron chi connectivity index (χ2n) is 23.4. The molecular formula is C75H100N2O11. The molecule has 0 unspecified atom stereocenters. The van der Waals surface area contributed by atoms with Gasteiger partial charge in [0.1, 0.15) is 30.5 Å². The summed E-state index contributed by atoms with van der Waals surface area (Å²) in [6.07, 6.45) is 13.5. The number of nitrogens with one attached hydrogen (secondary N) is 2. The molecule has 1 aliphatic heterocycles. The van der Waals surface area contributed by atoms with Gasteiger partial charge in [0, 0.05) is 13.0 Å². The summed E-state index contributed by atoms with van der Waals surface area (Å²) < 4.78 is 56.5. The topological polar surface area (TPSA) is 152 Å². The molecule has 0 radical (unpaired) electrons. The van der Waals surface area contributed by atoms with Crippen LogP contribution >= 0.6 is 0 Å². The molecule has 1 aliphatic rings. The van der Waals surface area contributed by atoms with Gasteiger partial charge < -0.3 is 53.6 Å². The number of carbonyl (C=O) groups is 2. The lowest BCUT2D eigenvalue weighted by molar-refractivity contribution is -0.330. The van der Waals surface area contributed by atoms with Gasteiger partial charge in [-0.15, -0.1) is 0 Å². The Bertz CT molecular complexity index is 2700. The van der Waals surface area contributed by atoms with Crippen molar-refractivity contribution in [1.29, 1.82) is 0 Å². The number of benzene rings is 6. The van der Waals surface area contributed by atoms with E-state index in [-0.39, 0.29) is 52.0 Å². The third kappa shape index (κ3) is 27.2. The average Bonchev–Trinajstić information content (AvgIpc) is 2.08. The Morgan fingerprint density at radius 3 is 1.35 bits per heavy atom. The first-order valence-corrected chi connectivity index (χ1v) is 32.8. The van der Waals surface area contributed by atoms with Crippen LogP contribution in [0.15, 0.2) is 182 Å². The first-order chi connectivity index (χ1) is 43.4. The van der Waals surface area contributed by atoms with Crippen LogP contribution < -0.4 is 10.6 Å². The van der Waals surface area contributed by atoms with Crippen LogP contribution in [0.25, 0.3) is 0 Å². The van der Waals surface area contributed by atoms with Crippen molar-refractivity contribution in [3.05, 3.63) is 215 Å².